The Balaban J connectivity index is 2.44. The normalized spacial score (nSPS) is 10.9. The molecule has 4 heteroatoms. The molecule has 16 heavy (non-hydrogen) atoms. The quantitative estimate of drug-likeness (QED) is 0.834. The number of halogens is 1. The van der Waals surface area contributed by atoms with E-state index in [1.54, 1.807) is 25.1 Å². The monoisotopic (exact) mass is 256 g/mol. The SMILES string of the molecule is CC(=O)SCCC=Cc1ccc(O)c(Cl)c1. The van der Waals surface area contributed by atoms with E-state index in [0.29, 0.717) is 5.02 Å². The minimum atomic E-state index is 0.0888. The number of hydrogen-bond donors (Lipinski definition) is 1. The second-order valence-electron chi connectivity index (χ2n) is 3.24. The van der Waals surface area contributed by atoms with Crippen molar-refractivity contribution in [2.75, 3.05) is 5.75 Å². The maximum absolute atomic E-state index is 10.7. The Labute approximate surface area is 104 Å². The lowest BCUT2D eigenvalue weighted by Gasteiger charge is -1.98. The van der Waals surface area contributed by atoms with Crippen LogP contribution in [-0.2, 0) is 4.79 Å². The van der Waals surface area contributed by atoms with Crippen molar-refractivity contribution in [3.63, 3.8) is 0 Å². The summed E-state index contributed by atoms with van der Waals surface area (Å²) in [4.78, 5) is 10.7. The summed E-state index contributed by atoms with van der Waals surface area (Å²) in [5.74, 6) is 0.878. The molecule has 0 aliphatic rings. The fourth-order valence-corrected chi connectivity index (χ4v) is 1.85. The molecule has 0 saturated heterocycles. The van der Waals surface area contributed by atoms with E-state index < -0.39 is 0 Å². The average molecular weight is 257 g/mol. The third-order valence-electron chi connectivity index (χ3n) is 1.87. The van der Waals surface area contributed by atoms with Crippen LogP contribution in [0, 0.1) is 0 Å². The van der Waals surface area contributed by atoms with Crippen molar-refractivity contribution in [3.05, 3.63) is 34.9 Å². The summed E-state index contributed by atoms with van der Waals surface area (Å²) in [7, 11) is 0. The van der Waals surface area contributed by atoms with E-state index in [4.69, 9.17) is 11.6 Å². The maximum atomic E-state index is 10.7. The van der Waals surface area contributed by atoms with Gasteiger partial charge in [-0.25, -0.2) is 0 Å². The van der Waals surface area contributed by atoms with Crippen LogP contribution in [0.25, 0.3) is 6.08 Å². The third kappa shape index (κ3) is 4.73. The first kappa shape index (κ1) is 13.1. The van der Waals surface area contributed by atoms with Gasteiger partial charge in [-0.1, -0.05) is 41.6 Å². The van der Waals surface area contributed by atoms with Crippen molar-refractivity contribution in [3.8, 4) is 5.75 Å². The van der Waals surface area contributed by atoms with Gasteiger partial charge in [0.15, 0.2) is 5.12 Å². The Morgan fingerprint density at radius 2 is 2.31 bits per heavy atom. The van der Waals surface area contributed by atoms with Crippen LogP contribution in [0.2, 0.25) is 5.02 Å². The highest BCUT2D eigenvalue weighted by Gasteiger charge is 1.97. The van der Waals surface area contributed by atoms with Crippen molar-refractivity contribution < 1.29 is 9.90 Å². The number of carbonyl (C=O) groups excluding carboxylic acids is 1. The fourth-order valence-electron chi connectivity index (χ4n) is 1.12. The molecule has 1 N–H and O–H groups in total. The van der Waals surface area contributed by atoms with Crippen LogP contribution >= 0.6 is 23.4 Å². The van der Waals surface area contributed by atoms with E-state index in [1.165, 1.54) is 11.8 Å². The molecule has 0 amide bonds. The molecule has 0 bridgehead atoms. The fraction of sp³-hybridized carbons (Fsp3) is 0.250. The Morgan fingerprint density at radius 1 is 1.56 bits per heavy atom. The van der Waals surface area contributed by atoms with Gasteiger partial charge >= 0.3 is 0 Å². The van der Waals surface area contributed by atoms with E-state index in [2.05, 4.69) is 0 Å². The minimum absolute atomic E-state index is 0.0888. The molecular weight excluding hydrogens is 244 g/mol. The molecule has 0 radical (unpaired) electrons. The molecule has 86 valence electrons. The molecule has 1 rings (SSSR count). The summed E-state index contributed by atoms with van der Waals surface area (Å²) in [5.41, 5.74) is 0.940. The van der Waals surface area contributed by atoms with Gasteiger partial charge in [-0.15, -0.1) is 0 Å². The molecule has 0 aromatic heterocycles. The van der Waals surface area contributed by atoms with Crippen LogP contribution in [0.15, 0.2) is 24.3 Å². The number of benzene rings is 1. The molecule has 0 unspecified atom stereocenters. The molecule has 2 nitrogen and oxygen atoms in total. The molecule has 0 fully saturated rings. The second-order valence-corrected chi connectivity index (χ2v) is 4.92. The number of phenolic OH excluding ortho intramolecular Hbond substituents is 1. The standard InChI is InChI=1S/C12H13ClO2S/c1-9(14)16-7-3-2-4-10-5-6-12(15)11(13)8-10/h2,4-6,8,15H,3,7H2,1H3. The molecule has 0 heterocycles. The van der Waals surface area contributed by atoms with E-state index in [1.807, 2.05) is 12.2 Å². The second kappa shape index (κ2) is 6.61. The highest BCUT2D eigenvalue weighted by molar-refractivity contribution is 8.13. The lowest BCUT2D eigenvalue weighted by atomic mass is 10.2. The van der Waals surface area contributed by atoms with Gasteiger partial charge in [0.05, 0.1) is 5.02 Å². The molecule has 1 aromatic carbocycles. The molecule has 0 spiro atoms. The van der Waals surface area contributed by atoms with Crippen LogP contribution < -0.4 is 0 Å². The topological polar surface area (TPSA) is 37.3 Å². The lowest BCUT2D eigenvalue weighted by Crippen LogP contribution is -1.83. The Kier molecular flexibility index (Phi) is 5.43. The van der Waals surface area contributed by atoms with E-state index in [9.17, 15) is 9.90 Å². The van der Waals surface area contributed by atoms with E-state index in [0.717, 1.165) is 17.7 Å². The Morgan fingerprint density at radius 3 is 2.94 bits per heavy atom. The van der Waals surface area contributed by atoms with Gasteiger partial charge in [-0.2, -0.15) is 0 Å². The summed E-state index contributed by atoms with van der Waals surface area (Å²) < 4.78 is 0. The van der Waals surface area contributed by atoms with Crippen LogP contribution in [0.1, 0.15) is 18.9 Å². The first-order valence-electron chi connectivity index (χ1n) is 4.88. The van der Waals surface area contributed by atoms with Crippen molar-refractivity contribution in [2.45, 2.75) is 13.3 Å². The summed E-state index contributed by atoms with van der Waals surface area (Å²) >= 11 is 7.08. The number of thioether (sulfide) groups is 1. The van der Waals surface area contributed by atoms with Crippen molar-refractivity contribution in [2.24, 2.45) is 0 Å². The highest BCUT2D eigenvalue weighted by atomic mass is 35.5. The van der Waals surface area contributed by atoms with Gasteiger partial charge in [0.1, 0.15) is 5.75 Å². The molecule has 0 atom stereocenters. The van der Waals surface area contributed by atoms with E-state index in [-0.39, 0.29) is 10.9 Å². The predicted molar refractivity (Wildman–Crippen MR) is 69.9 cm³/mol. The molecule has 0 aliphatic carbocycles. The van der Waals surface area contributed by atoms with Gasteiger partial charge in [-0.3, -0.25) is 4.79 Å². The molecular formula is C12H13ClO2S. The Bertz CT molecular complexity index is 402. The van der Waals surface area contributed by atoms with Crippen LogP contribution in [0.3, 0.4) is 0 Å². The number of allylic oxidation sites excluding steroid dienone is 1. The first-order chi connectivity index (χ1) is 7.59. The highest BCUT2D eigenvalue weighted by Crippen LogP contribution is 2.24. The average Bonchev–Trinajstić information content (AvgIpc) is 2.22. The van der Waals surface area contributed by atoms with Crippen LogP contribution in [0.5, 0.6) is 5.75 Å². The number of hydrogen-bond acceptors (Lipinski definition) is 3. The summed E-state index contributed by atoms with van der Waals surface area (Å²) in [5, 5.41) is 9.70. The van der Waals surface area contributed by atoms with Gasteiger partial charge in [0.25, 0.3) is 0 Å². The van der Waals surface area contributed by atoms with Crippen LogP contribution in [-0.4, -0.2) is 16.0 Å². The zero-order valence-corrected chi connectivity index (χ0v) is 10.5. The molecule has 0 aliphatic heterocycles. The zero-order chi connectivity index (χ0) is 12.0. The van der Waals surface area contributed by atoms with Gasteiger partial charge in [-0.05, 0) is 24.1 Å². The lowest BCUT2D eigenvalue weighted by molar-refractivity contribution is -0.109. The number of aromatic hydroxyl groups is 1. The number of rotatable bonds is 4. The van der Waals surface area contributed by atoms with Crippen molar-refractivity contribution >= 4 is 34.6 Å². The molecule has 0 saturated carbocycles. The summed E-state index contributed by atoms with van der Waals surface area (Å²) in [6.45, 7) is 1.56. The number of carbonyl (C=O) groups is 1. The van der Waals surface area contributed by atoms with Gasteiger partial charge < -0.3 is 5.11 Å². The van der Waals surface area contributed by atoms with E-state index >= 15 is 0 Å². The van der Waals surface area contributed by atoms with Gasteiger partial charge in [0.2, 0.25) is 0 Å². The number of phenols is 1. The van der Waals surface area contributed by atoms with Crippen molar-refractivity contribution in [1.82, 2.24) is 0 Å². The largest absolute Gasteiger partial charge is 0.506 e. The summed E-state index contributed by atoms with van der Waals surface area (Å²) in [6.07, 6.45) is 4.74. The zero-order valence-electron chi connectivity index (χ0n) is 8.94. The molecule has 1 aromatic rings. The summed E-state index contributed by atoms with van der Waals surface area (Å²) in [6, 6.07) is 5.05. The predicted octanol–water partition coefficient (Wildman–Crippen LogP) is 3.73. The van der Waals surface area contributed by atoms with Crippen LogP contribution in [0.4, 0.5) is 0 Å². The first-order valence-corrected chi connectivity index (χ1v) is 6.24. The smallest absolute Gasteiger partial charge is 0.185 e. The Hall–Kier alpha value is -0.930. The minimum Gasteiger partial charge on any atom is -0.506 e. The van der Waals surface area contributed by atoms with Crippen molar-refractivity contribution in [1.29, 1.82) is 0 Å². The maximum Gasteiger partial charge on any atom is 0.185 e. The van der Waals surface area contributed by atoms with Gasteiger partial charge in [0, 0.05) is 12.7 Å². The third-order valence-corrected chi connectivity index (χ3v) is 3.02.